The van der Waals surface area contributed by atoms with Gasteiger partial charge in [0.2, 0.25) is 0 Å². The number of carbonyl (C=O) groups is 3. The first kappa shape index (κ1) is 79.7. The van der Waals surface area contributed by atoms with Crippen LogP contribution in [0.1, 0.15) is 322 Å². The Balaban J connectivity index is 4.07. The average molecular weight is 1160 g/mol. The molecule has 9 heteroatoms. The quantitative estimate of drug-likeness (QED) is 0.0195. The molecule has 83 heavy (non-hydrogen) atoms. The molecule has 0 aliphatic rings. The molecule has 0 aromatic rings. The summed E-state index contributed by atoms with van der Waals surface area (Å²) in [6, 6.07) is 0. The second-order valence-corrected chi connectivity index (χ2v) is 24.8. The van der Waals surface area contributed by atoms with Gasteiger partial charge in [0.25, 0.3) is 0 Å². The maximum atomic E-state index is 12.9. The molecule has 9 nitrogen and oxygen atoms in total. The average Bonchev–Trinajstić information content (AvgIpc) is 3.46. The fourth-order valence-electron chi connectivity index (χ4n) is 10.1. The third-order valence-corrected chi connectivity index (χ3v) is 15.4. The molecule has 0 aliphatic carbocycles. The zero-order chi connectivity index (χ0) is 60.5. The lowest BCUT2D eigenvalue weighted by atomic mass is 10.0. The third kappa shape index (κ3) is 66.1. The molecule has 0 saturated carbocycles. The summed E-state index contributed by atoms with van der Waals surface area (Å²) in [6.07, 6.45) is 82.7. The Morgan fingerprint density at radius 1 is 0.373 bits per heavy atom. The highest BCUT2D eigenvalue weighted by molar-refractivity contribution is 5.70. The van der Waals surface area contributed by atoms with Gasteiger partial charge in [0, 0.05) is 12.8 Å². The molecule has 0 heterocycles. The summed E-state index contributed by atoms with van der Waals surface area (Å²) in [5.41, 5.74) is 0. The Morgan fingerprint density at radius 2 is 0.687 bits per heavy atom. The van der Waals surface area contributed by atoms with Gasteiger partial charge in [-0.05, 0) is 83.5 Å². The largest absolute Gasteiger partial charge is 0.545 e. The zero-order valence-electron chi connectivity index (χ0n) is 55.1. The number of nitrogens with zero attached hydrogens (tertiary/aromatic N) is 1. The van der Waals surface area contributed by atoms with Crippen molar-refractivity contribution in [1.82, 2.24) is 0 Å². The van der Waals surface area contributed by atoms with Crippen LogP contribution in [0.2, 0.25) is 0 Å². The lowest BCUT2D eigenvalue weighted by molar-refractivity contribution is -0.870. The van der Waals surface area contributed by atoms with E-state index in [4.69, 9.17) is 18.9 Å². The van der Waals surface area contributed by atoms with Crippen molar-refractivity contribution in [3.8, 4) is 0 Å². The minimum Gasteiger partial charge on any atom is -0.545 e. The Bertz CT molecular complexity index is 1590. The van der Waals surface area contributed by atoms with E-state index in [2.05, 4.69) is 86.8 Å². The predicted molar refractivity (Wildman–Crippen MR) is 352 cm³/mol. The first-order chi connectivity index (χ1) is 40.6. The maximum Gasteiger partial charge on any atom is 0.306 e. The van der Waals surface area contributed by atoms with E-state index in [1.807, 2.05) is 21.1 Å². The van der Waals surface area contributed by atoms with Crippen molar-refractivity contribution in [1.29, 1.82) is 0 Å². The van der Waals surface area contributed by atoms with Crippen LogP contribution in [0, 0.1) is 0 Å². The van der Waals surface area contributed by atoms with Crippen molar-refractivity contribution < 1.29 is 42.9 Å². The summed E-state index contributed by atoms with van der Waals surface area (Å²) in [5, 5.41) is 11.8. The van der Waals surface area contributed by atoms with Crippen molar-refractivity contribution in [2.75, 3.05) is 47.5 Å². The minimum atomic E-state index is -1.62. The SMILES string of the molecule is CC/C=C\C/C=C\C/C=C\C/C=C\CCCCCCCCCCCCCCCCCCCCCCC(=O)OC(COC(=O)CCCCCCCCCCCCCCC/C=C\C/C=C\CCCCCCC)COC(OCC[N+](C)(C)C)C(=O)[O-]. The number of hydrogen-bond acceptors (Lipinski definition) is 8. The number of carbonyl (C=O) groups excluding carboxylic acids is 3. The lowest BCUT2D eigenvalue weighted by Gasteiger charge is -2.26. The van der Waals surface area contributed by atoms with Crippen molar-refractivity contribution in [3.05, 3.63) is 72.9 Å². The van der Waals surface area contributed by atoms with Crippen LogP contribution in [-0.4, -0.2) is 82.3 Å². The Kier molecular flexibility index (Phi) is 62.2. The molecule has 2 atom stereocenters. The van der Waals surface area contributed by atoms with Crippen LogP contribution in [0.3, 0.4) is 0 Å². The summed E-state index contributed by atoms with van der Waals surface area (Å²) >= 11 is 0. The van der Waals surface area contributed by atoms with E-state index in [0.29, 0.717) is 23.9 Å². The molecule has 0 aromatic heterocycles. The van der Waals surface area contributed by atoms with Gasteiger partial charge in [-0.15, -0.1) is 0 Å². The number of ether oxygens (including phenoxy) is 4. The number of carboxylic acid groups (broad SMARTS) is 1. The van der Waals surface area contributed by atoms with Crippen molar-refractivity contribution in [2.24, 2.45) is 0 Å². The molecule has 482 valence electrons. The molecule has 2 unspecified atom stereocenters. The van der Waals surface area contributed by atoms with Gasteiger partial charge < -0.3 is 33.3 Å². The predicted octanol–water partition coefficient (Wildman–Crippen LogP) is 20.4. The first-order valence-electron chi connectivity index (χ1n) is 35.1. The minimum absolute atomic E-state index is 0.148. The molecule has 0 rings (SSSR count). The van der Waals surface area contributed by atoms with Gasteiger partial charge in [0.15, 0.2) is 12.4 Å². The fraction of sp³-hybridized carbons (Fsp3) is 0.797. The molecule has 0 bridgehead atoms. The number of allylic oxidation sites excluding steroid dienone is 12. The number of esters is 2. The van der Waals surface area contributed by atoms with E-state index in [-0.39, 0.29) is 32.2 Å². The second kappa shape index (κ2) is 64.7. The van der Waals surface area contributed by atoms with Gasteiger partial charge in [0.05, 0.1) is 40.3 Å². The fourth-order valence-corrected chi connectivity index (χ4v) is 10.1. The number of aliphatic carboxylic acids is 1. The van der Waals surface area contributed by atoms with Crippen LogP contribution in [0.4, 0.5) is 0 Å². The summed E-state index contributed by atoms with van der Waals surface area (Å²) in [6.45, 7) is 4.67. The van der Waals surface area contributed by atoms with Crippen molar-refractivity contribution in [3.63, 3.8) is 0 Å². The number of unbranched alkanes of at least 4 members (excludes halogenated alkanes) is 38. The van der Waals surface area contributed by atoms with Gasteiger partial charge in [-0.3, -0.25) is 9.59 Å². The van der Waals surface area contributed by atoms with Crippen molar-refractivity contribution >= 4 is 17.9 Å². The molecule has 0 aliphatic heterocycles. The summed E-state index contributed by atoms with van der Waals surface area (Å²) in [4.78, 5) is 37.5. The van der Waals surface area contributed by atoms with E-state index in [9.17, 15) is 19.5 Å². The van der Waals surface area contributed by atoms with Crippen LogP contribution in [0.25, 0.3) is 0 Å². The van der Waals surface area contributed by atoms with Gasteiger partial charge in [-0.25, -0.2) is 0 Å². The molecule has 0 spiro atoms. The molecule has 0 radical (unpaired) electrons. The smallest absolute Gasteiger partial charge is 0.306 e. The van der Waals surface area contributed by atoms with Gasteiger partial charge >= 0.3 is 11.9 Å². The number of likely N-dealkylation sites (N-methyl/N-ethyl adjacent to an activating group) is 1. The number of hydrogen-bond donors (Lipinski definition) is 0. The molecular formula is C74H133NO8. The second-order valence-electron chi connectivity index (χ2n) is 24.8. The molecule has 0 amide bonds. The number of rotatable bonds is 65. The summed E-state index contributed by atoms with van der Waals surface area (Å²) < 4.78 is 22.8. The molecule has 0 aromatic carbocycles. The van der Waals surface area contributed by atoms with Crippen LogP contribution in [0.15, 0.2) is 72.9 Å². The van der Waals surface area contributed by atoms with Crippen LogP contribution in [0.5, 0.6) is 0 Å². The normalized spacial score (nSPS) is 13.1. The van der Waals surface area contributed by atoms with E-state index in [0.717, 1.165) is 64.2 Å². The van der Waals surface area contributed by atoms with E-state index >= 15 is 0 Å². The summed E-state index contributed by atoms with van der Waals surface area (Å²) in [5.74, 6) is -2.27. The van der Waals surface area contributed by atoms with Crippen LogP contribution < -0.4 is 5.11 Å². The standard InChI is InChI=1S/C74H133NO8/c1-6-8-10-12-14-16-18-20-22-24-26-28-30-32-33-34-35-36-37-38-39-41-43-45-47-49-51-53-55-57-59-61-63-65-72(77)83-70(69-82-74(73(78)79)80-67-66-75(3,4)5)68-81-71(76)64-62-60-58-56-54-52-50-48-46-44-42-40-31-29-27-25-23-21-19-17-15-13-11-9-7-2/h8,10,14,16,19-22,25-28,70,74H,6-7,9,11-13,15,17-18,23-24,29-69H2,1-5H3/b10-8-,16-14-,21-19-,22-20-,27-25-,28-26-. The number of quaternary nitrogens is 1. The molecule has 0 fully saturated rings. The maximum absolute atomic E-state index is 12.9. The first-order valence-corrected chi connectivity index (χ1v) is 35.1. The molecule has 0 N–H and O–H groups in total. The zero-order valence-corrected chi connectivity index (χ0v) is 55.1. The van der Waals surface area contributed by atoms with Crippen LogP contribution >= 0.6 is 0 Å². The van der Waals surface area contributed by atoms with Crippen molar-refractivity contribution in [2.45, 2.75) is 334 Å². The van der Waals surface area contributed by atoms with E-state index in [1.165, 1.54) is 225 Å². The highest BCUT2D eigenvalue weighted by Gasteiger charge is 2.22. The van der Waals surface area contributed by atoms with Gasteiger partial charge in [-0.1, -0.05) is 299 Å². The van der Waals surface area contributed by atoms with E-state index in [1.54, 1.807) is 0 Å². The Morgan fingerprint density at radius 3 is 1.02 bits per heavy atom. The third-order valence-electron chi connectivity index (χ3n) is 15.4. The highest BCUT2D eigenvalue weighted by atomic mass is 16.7. The topological polar surface area (TPSA) is 111 Å². The lowest BCUT2D eigenvalue weighted by Crippen LogP contribution is -2.44. The van der Waals surface area contributed by atoms with E-state index < -0.39 is 24.3 Å². The molecule has 0 saturated heterocycles. The Hall–Kier alpha value is -3.27. The number of carboxylic acids is 1. The molecular weight excluding hydrogens is 1030 g/mol. The Labute approximate surface area is 513 Å². The van der Waals surface area contributed by atoms with Gasteiger partial charge in [0.1, 0.15) is 13.2 Å². The summed E-state index contributed by atoms with van der Waals surface area (Å²) in [7, 11) is 5.94. The monoisotopic (exact) mass is 1160 g/mol. The van der Waals surface area contributed by atoms with Crippen LogP contribution in [-0.2, 0) is 33.3 Å². The van der Waals surface area contributed by atoms with Gasteiger partial charge in [-0.2, -0.15) is 0 Å². The highest BCUT2D eigenvalue weighted by Crippen LogP contribution is 2.18.